The Balaban J connectivity index is 2.34. The highest BCUT2D eigenvalue weighted by Crippen LogP contribution is 2.05. The van der Waals surface area contributed by atoms with Crippen LogP contribution in [0.4, 0.5) is 0 Å². The van der Waals surface area contributed by atoms with Crippen molar-refractivity contribution >= 4 is 9.05 Å². The summed E-state index contributed by atoms with van der Waals surface area (Å²) < 4.78 is 24.5. The minimum Gasteiger partial charge on any atom is -0.367 e. The van der Waals surface area contributed by atoms with Gasteiger partial charge in [0.25, 0.3) is 0 Å². The van der Waals surface area contributed by atoms with E-state index < -0.39 is 9.05 Å². The van der Waals surface area contributed by atoms with E-state index in [9.17, 15) is 4.80 Å². The third-order valence-corrected chi connectivity index (χ3v) is 2.97. The highest BCUT2D eigenvalue weighted by molar-refractivity contribution is 6.51. The van der Waals surface area contributed by atoms with Crippen LogP contribution in [-0.4, -0.2) is 47.8 Å². The molecule has 0 aliphatic carbocycles. The smallest absolute Gasteiger partial charge is 0.367 e. The highest BCUT2D eigenvalue weighted by atomic mass is 28.4. The first kappa shape index (κ1) is 11.1. The van der Waals surface area contributed by atoms with Crippen molar-refractivity contribution in [2.24, 2.45) is 0 Å². The molecule has 78 valence electrons. The van der Waals surface area contributed by atoms with Gasteiger partial charge in [-0.25, -0.2) is 0 Å². The molecule has 0 aromatic carbocycles. The normalized spacial score (nSPS) is 25.4. The van der Waals surface area contributed by atoms with Crippen LogP contribution >= 0.6 is 0 Å². The van der Waals surface area contributed by atoms with Crippen LogP contribution in [-0.2, 0) is 22.8 Å². The Kier molecular flexibility index (Phi) is 4.81. The molecule has 0 spiro atoms. The molecule has 0 aromatic heterocycles. The van der Waals surface area contributed by atoms with E-state index in [1.54, 1.807) is 0 Å². The van der Waals surface area contributed by atoms with Gasteiger partial charge in [0, 0.05) is 7.11 Å². The number of hydrogen-bond acceptors (Lipinski definition) is 6. The van der Waals surface area contributed by atoms with Gasteiger partial charge >= 0.3 is 9.05 Å². The van der Waals surface area contributed by atoms with Crippen molar-refractivity contribution in [3.05, 3.63) is 0 Å². The molecule has 1 rings (SSSR count). The molecule has 0 unspecified atom stereocenters. The van der Waals surface area contributed by atoms with Crippen LogP contribution in [0.5, 0.6) is 0 Å². The molecule has 1 saturated heterocycles. The van der Waals surface area contributed by atoms with E-state index in [0.29, 0.717) is 13.2 Å². The molecule has 0 radical (unpaired) electrons. The SMILES string of the molecule is CO[Si]1(O)OCOCCCOCO1. The van der Waals surface area contributed by atoms with Gasteiger partial charge in [0.15, 0.2) is 0 Å². The molecule has 1 N–H and O–H groups in total. The Morgan fingerprint density at radius 3 is 2.15 bits per heavy atom. The van der Waals surface area contributed by atoms with E-state index in [1.165, 1.54) is 7.11 Å². The predicted molar refractivity (Wildman–Crippen MR) is 43.4 cm³/mol. The van der Waals surface area contributed by atoms with Crippen LogP contribution in [0.25, 0.3) is 0 Å². The lowest BCUT2D eigenvalue weighted by Gasteiger charge is -2.22. The fourth-order valence-electron chi connectivity index (χ4n) is 0.773. The van der Waals surface area contributed by atoms with E-state index in [4.69, 9.17) is 22.8 Å². The van der Waals surface area contributed by atoms with Gasteiger partial charge in [-0.1, -0.05) is 0 Å². The summed E-state index contributed by atoms with van der Waals surface area (Å²) in [6.07, 6.45) is 0.777. The molecular formula is C6H14O6Si. The van der Waals surface area contributed by atoms with Crippen LogP contribution in [0, 0.1) is 0 Å². The zero-order valence-corrected chi connectivity index (χ0v) is 8.52. The molecule has 0 aromatic rings. The average Bonchev–Trinajstić information content (AvgIpc) is 2.16. The van der Waals surface area contributed by atoms with Crippen molar-refractivity contribution in [1.29, 1.82) is 0 Å². The van der Waals surface area contributed by atoms with Gasteiger partial charge in [-0.15, -0.1) is 0 Å². The molecule has 0 amide bonds. The van der Waals surface area contributed by atoms with Crippen LogP contribution in [0.15, 0.2) is 0 Å². The summed E-state index contributed by atoms with van der Waals surface area (Å²) in [4.78, 5) is 9.51. The largest absolute Gasteiger partial charge is 0.680 e. The Labute approximate surface area is 77.8 Å². The Morgan fingerprint density at radius 1 is 1.15 bits per heavy atom. The second kappa shape index (κ2) is 5.65. The zero-order chi connectivity index (χ0) is 9.57. The van der Waals surface area contributed by atoms with Gasteiger partial charge in [0.1, 0.15) is 13.6 Å². The fraction of sp³-hybridized carbons (Fsp3) is 1.00. The molecule has 1 heterocycles. The predicted octanol–water partition coefficient (Wildman–Crippen LogP) is -0.554. The minimum absolute atomic E-state index is 0.0173. The Bertz CT molecular complexity index is 133. The minimum atomic E-state index is -3.50. The molecule has 13 heavy (non-hydrogen) atoms. The van der Waals surface area contributed by atoms with Gasteiger partial charge in [-0.2, -0.15) is 0 Å². The van der Waals surface area contributed by atoms with Gasteiger partial charge in [0.2, 0.25) is 0 Å². The quantitative estimate of drug-likeness (QED) is 0.586. The maximum atomic E-state index is 9.51. The first-order valence-corrected chi connectivity index (χ1v) is 5.65. The lowest BCUT2D eigenvalue weighted by Crippen LogP contribution is -2.46. The van der Waals surface area contributed by atoms with Crippen LogP contribution in [0.1, 0.15) is 6.42 Å². The summed E-state index contributed by atoms with van der Waals surface area (Å²) in [5.41, 5.74) is 0. The number of ether oxygens (including phenoxy) is 2. The Morgan fingerprint density at radius 2 is 1.69 bits per heavy atom. The van der Waals surface area contributed by atoms with Crippen molar-refractivity contribution in [3.63, 3.8) is 0 Å². The first-order valence-electron chi connectivity index (χ1n) is 3.98. The highest BCUT2D eigenvalue weighted by Gasteiger charge is 2.40. The van der Waals surface area contributed by atoms with Crippen molar-refractivity contribution in [2.75, 3.05) is 33.9 Å². The lowest BCUT2D eigenvalue weighted by molar-refractivity contribution is -0.121. The lowest BCUT2D eigenvalue weighted by atomic mass is 10.5. The monoisotopic (exact) mass is 210 g/mol. The molecule has 6 nitrogen and oxygen atoms in total. The van der Waals surface area contributed by atoms with E-state index in [-0.39, 0.29) is 13.6 Å². The zero-order valence-electron chi connectivity index (χ0n) is 7.52. The van der Waals surface area contributed by atoms with E-state index >= 15 is 0 Å². The molecule has 0 bridgehead atoms. The second-order valence-electron chi connectivity index (χ2n) is 2.42. The Hall–Kier alpha value is -0.0231. The summed E-state index contributed by atoms with van der Waals surface area (Å²) in [5, 5.41) is 0. The van der Waals surface area contributed by atoms with Crippen molar-refractivity contribution < 1.29 is 27.5 Å². The maximum Gasteiger partial charge on any atom is 0.680 e. The standard InChI is InChI=1S/C6H14O6Si/c1-8-13(7)11-5-9-3-2-4-10-6-12-13/h7H,2-6H2,1H3. The summed E-state index contributed by atoms with van der Waals surface area (Å²) >= 11 is 0. The molecular weight excluding hydrogens is 196 g/mol. The van der Waals surface area contributed by atoms with Gasteiger partial charge in [0.05, 0.1) is 13.2 Å². The molecule has 7 heteroatoms. The second-order valence-corrected chi connectivity index (χ2v) is 4.46. The van der Waals surface area contributed by atoms with Gasteiger partial charge in [-0.05, 0) is 6.42 Å². The fourth-order valence-corrected chi connectivity index (χ4v) is 1.56. The topological polar surface area (TPSA) is 66.4 Å². The van der Waals surface area contributed by atoms with Gasteiger partial charge in [-0.3, -0.25) is 0 Å². The van der Waals surface area contributed by atoms with Crippen LogP contribution in [0.2, 0.25) is 0 Å². The molecule has 0 saturated carbocycles. The molecule has 1 aliphatic heterocycles. The van der Waals surface area contributed by atoms with E-state index in [1.807, 2.05) is 0 Å². The van der Waals surface area contributed by atoms with Crippen molar-refractivity contribution in [3.8, 4) is 0 Å². The molecule has 0 atom stereocenters. The first-order chi connectivity index (χ1) is 6.27. The summed E-state index contributed by atoms with van der Waals surface area (Å²) in [6.45, 7) is 1.04. The van der Waals surface area contributed by atoms with E-state index in [2.05, 4.69) is 0 Å². The van der Waals surface area contributed by atoms with Crippen LogP contribution < -0.4 is 0 Å². The molecule has 1 fully saturated rings. The van der Waals surface area contributed by atoms with E-state index in [0.717, 1.165) is 6.42 Å². The van der Waals surface area contributed by atoms with Crippen molar-refractivity contribution in [1.82, 2.24) is 0 Å². The van der Waals surface area contributed by atoms with Crippen LogP contribution in [0.3, 0.4) is 0 Å². The summed E-state index contributed by atoms with van der Waals surface area (Å²) in [6, 6.07) is 0. The maximum absolute atomic E-state index is 9.51. The van der Waals surface area contributed by atoms with Crippen molar-refractivity contribution in [2.45, 2.75) is 6.42 Å². The summed E-state index contributed by atoms with van der Waals surface area (Å²) in [7, 11) is -2.18. The molecule has 1 aliphatic rings. The summed E-state index contributed by atoms with van der Waals surface area (Å²) in [5.74, 6) is 0. The van der Waals surface area contributed by atoms with Gasteiger partial charge < -0.3 is 27.5 Å². The number of rotatable bonds is 1. The third kappa shape index (κ3) is 4.14. The number of hydrogen-bond donors (Lipinski definition) is 1. The third-order valence-electron chi connectivity index (χ3n) is 1.48. The average molecular weight is 210 g/mol.